The van der Waals surface area contributed by atoms with Crippen molar-refractivity contribution in [2.45, 2.75) is 0 Å². The molecule has 0 aliphatic carbocycles. The van der Waals surface area contributed by atoms with Gasteiger partial charge in [-0.25, -0.2) is 4.39 Å². The van der Waals surface area contributed by atoms with Gasteiger partial charge in [0, 0.05) is 17.2 Å². The van der Waals surface area contributed by atoms with Crippen molar-refractivity contribution in [3.05, 3.63) is 93.2 Å². The summed E-state index contributed by atoms with van der Waals surface area (Å²) in [5.41, 5.74) is 1.38. The Morgan fingerprint density at radius 2 is 1.75 bits per heavy atom. The number of hydrogen-bond donors (Lipinski definition) is 0. The highest BCUT2D eigenvalue weighted by molar-refractivity contribution is 7.15. The van der Waals surface area contributed by atoms with Gasteiger partial charge in [0.2, 0.25) is 4.96 Å². The summed E-state index contributed by atoms with van der Waals surface area (Å²) in [4.78, 5) is 17.6. The van der Waals surface area contributed by atoms with Gasteiger partial charge in [-0.15, -0.1) is 5.10 Å². The Balaban J connectivity index is 1.52. The lowest BCUT2D eigenvalue weighted by Gasteiger charge is -1.95. The molecule has 0 N–H and O–H groups in total. The number of aromatic nitrogens is 3. The zero-order valence-electron chi connectivity index (χ0n) is 14.4. The van der Waals surface area contributed by atoms with Crippen LogP contribution < -0.4 is 10.1 Å². The van der Waals surface area contributed by atoms with Crippen LogP contribution >= 0.6 is 11.3 Å². The maximum atomic E-state index is 13.1. The summed E-state index contributed by atoms with van der Waals surface area (Å²) < 4.78 is 20.6. The Morgan fingerprint density at radius 1 is 0.964 bits per heavy atom. The van der Waals surface area contributed by atoms with Crippen LogP contribution in [0.25, 0.3) is 33.7 Å². The maximum Gasteiger partial charge on any atom is 0.291 e. The SMILES string of the molecule is O=c1/c(=C/c2ccc(-c3ccc(F)cc3)o2)sc2nc(-c3ccccc3)nn12. The lowest BCUT2D eigenvalue weighted by molar-refractivity contribution is 0.571. The van der Waals surface area contributed by atoms with Gasteiger partial charge in [0.1, 0.15) is 21.9 Å². The van der Waals surface area contributed by atoms with E-state index in [4.69, 9.17) is 4.42 Å². The smallest absolute Gasteiger partial charge is 0.291 e. The van der Waals surface area contributed by atoms with Crippen LogP contribution in [-0.4, -0.2) is 14.6 Å². The Labute approximate surface area is 162 Å². The van der Waals surface area contributed by atoms with Gasteiger partial charge in [-0.2, -0.15) is 9.50 Å². The van der Waals surface area contributed by atoms with E-state index in [1.54, 1.807) is 30.3 Å². The summed E-state index contributed by atoms with van der Waals surface area (Å²) >= 11 is 1.25. The molecular weight excluding hydrogens is 377 g/mol. The Morgan fingerprint density at radius 3 is 2.50 bits per heavy atom. The fraction of sp³-hybridized carbons (Fsp3) is 0. The maximum absolute atomic E-state index is 13.1. The van der Waals surface area contributed by atoms with Crippen LogP contribution in [0.1, 0.15) is 5.76 Å². The largest absolute Gasteiger partial charge is 0.457 e. The van der Waals surface area contributed by atoms with E-state index in [2.05, 4.69) is 10.1 Å². The van der Waals surface area contributed by atoms with E-state index in [1.165, 1.54) is 28.0 Å². The van der Waals surface area contributed by atoms with Gasteiger partial charge in [0.15, 0.2) is 5.82 Å². The minimum absolute atomic E-state index is 0.241. The zero-order valence-corrected chi connectivity index (χ0v) is 15.2. The van der Waals surface area contributed by atoms with E-state index in [0.29, 0.717) is 26.8 Å². The van der Waals surface area contributed by atoms with Crippen LogP contribution in [0.3, 0.4) is 0 Å². The molecule has 0 atom stereocenters. The number of nitrogens with zero attached hydrogens (tertiary/aromatic N) is 3. The van der Waals surface area contributed by atoms with Crippen LogP contribution in [0.4, 0.5) is 4.39 Å². The minimum Gasteiger partial charge on any atom is -0.457 e. The number of fused-ring (bicyclic) bond motifs is 1. The molecule has 3 heterocycles. The first-order valence-corrected chi connectivity index (χ1v) is 9.31. The number of halogens is 1. The van der Waals surface area contributed by atoms with Crippen molar-refractivity contribution in [2.75, 3.05) is 0 Å². The molecule has 136 valence electrons. The van der Waals surface area contributed by atoms with E-state index >= 15 is 0 Å². The normalized spacial score (nSPS) is 12.1. The van der Waals surface area contributed by atoms with E-state index in [0.717, 1.165) is 11.1 Å². The first-order chi connectivity index (χ1) is 13.7. The van der Waals surface area contributed by atoms with E-state index in [9.17, 15) is 9.18 Å². The zero-order chi connectivity index (χ0) is 19.1. The molecule has 0 radical (unpaired) electrons. The summed E-state index contributed by atoms with van der Waals surface area (Å²) in [6, 6.07) is 19.1. The van der Waals surface area contributed by atoms with Gasteiger partial charge in [-0.3, -0.25) is 4.79 Å². The molecule has 0 unspecified atom stereocenters. The average Bonchev–Trinajstić information content (AvgIpc) is 3.41. The van der Waals surface area contributed by atoms with Gasteiger partial charge < -0.3 is 4.42 Å². The molecule has 5 aromatic rings. The molecule has 0 bridgehead atoms. The molecule has 0 aliphatic rings. The molecule has 2 aromatic carbocycles. The minimum atomic E-state index is -0.303. The topological polar surface area (TPSA) is 60.4 Å². The fourth-order valence-corrected chi connectivity index (χ4v) is 3.76. The number of thiazole rings is 1. The molecule has 0 saturated carbocycles. The predicted molar refractivity (Wildman–Crippen MR) is 105 cm³/mol. The van der Waals surface area contributed by atoms with Crippen molar-refractivity contribution < 1.29 is 8.81 Å². The molecule has 28 heavy (non-hydrogen) atoms. The summed E-state index contributed by atoms with van der Waals surface area (Å²) in [6.45, 7) is 0. The molecule has 0 aliphatic heterocycles. The van der Waals surface area contributed by atoms with Crippen LogP contribution in [0, 0.1) is 5.82 Å². The number of hydrogen-bond acceptors (Lipinski definition) is 5. The van der Waals surface area contributed by atoms with E-state index < -0.39 is 0 Å². The molecule has 0 amide bonds. The third kappa shape index (κ3) is 2.91. The van der Waals surface area contributed by atoms with Crippen LogP contribution in [0.2, 0.25) is 0 Å². The number of benzene rings is 2. The molecular formula is C21H12FN3O2S. The second-order valence-corrected chi connectivity index (χ2v) is 7.13. The van der Waals surface area contributed by atoms with Gasteiger partial charge in [0.05, 0.1) is 0 Å². The van der Waals surface area contributed by atoms with Gasteiger partial charge in [-0.05, 0) is 36.4 Å². The molecule has 3 aromatic heterocycles. The highest BCUT2D eigenvalue weighted by Gasteiger charge is 2.12. The van der Waals surface area contributed by atoms with Crippen LogP contribution in [0.5, 0.6) is 0 Å². The lowest BCUT2D eigenvalue weighted by Crippen LogP contribution is -2.23. The molecule has 0 saturated heterocycles. The average molecular weight is 389 g/mol. The van der Waals surface area contributed by atoms with E-state index in [-0.39, 0.29) is 11.4 Å². The first kappa shape index (κ1) is 16.6. The second kappa shape index (κ2) is 6.54. The third-order valence-corrected chi connectivity index (χ3v) is 5.20. The highest BCUT2D eigenvalue weighted by atomic mass is 32.1. The standard InChI is InChI=1S/C21H12FN3O2S/c22-15-8-6-13(7-9-15)17-11-10-16(27-17)12-18-20(26)25-21(28-18)23-19(24-25)14-4-2-1-3-5-14/h1-12H/b18-12-. The summed E-state index contributed by atoms with van der Waals surface area (Å²) in [5.74, 6) is 1.35. The second-order valence-electron chi connectivity index (χ2n) is 6.12. The Hall–Kier alpha value is -3.58. The third-order valence-electron chi connectivity index (χ3n) is 4.24. The molecule has 7 heteroatoms. The first-order valence-electron chi connectivity index (χ1n) is 8.50. The Bertz CT molecular complexity index is 1390. The number of rotatable bonds is 3. The van der Waals surface area contributed by atoms with Crippen molar-refractivity contribution in [3.63, 3.8) is 0 Å². The molecule has 5 nitrogen and oxygen atoms in total. The van der Waals surface area contributed by atoms with Crippen LogP contribution in [0.15, 0.2) is 75.9 Å². The Kier molecular flexibility index (Phi) is 3.87. The van der Waals surface area contributed by atoms with Gasteiger partial charge in [-0.1, -0.05) is 41.7 Å². The van der Waals surface area contributed by atoms with E-state index in [1.807, 2.05) is 30.3 Å². The van der Waals surface area contributed by atoms with Crippen LogP contribution in [-0.2, 0) is 0 Å². The summed E-state index contributed by atoms with van der Waals surface area (Å²) in [7, 11) is 0. The lowest BCUT2D eigenvalue weighted by atomic mass is 10.2. The predicted octanol–water partition coefficient (Wildman–Crippen LogP) is 3.76. The van der Waals surface area contributed by atoms with Crippen molar-refractivity contribution in [1.82, 2.24) is 14.6 Å². The van der Waals surface area contributed by atoms with Crippen molar-refractivity contribution >= 4 is 22.4 Å². The quantitative estimate of drug-likeness (QED) is 0.471. The fourth-order valence-electron chi connectivity index (χ4n) is 2.87. The monoisotopic (exact) mass is 389 g/mol. The molecule has 0 fully saturated rings. The molecule has 5 rings (SSSR count). The number of furan rings is 1. The van der Waals surface area contributed by atoms with Crippen molar-refractivity contribution in [3.8, 4) is 22.7 Å². The van der Waals surface area contributed by atoms with Gasteiger partial charge in [0.25, 0.3) is 5.56 Å². The molecule has 0 spiro atoms. The van der Waals surface area contributed by atoms with Gasteiger partial charge >= 0.3 is 0 Å². The highest BCUT2D eigenvalue weighted by Crippen LogP contribution is 2.23. The summed E-state index contributed by atoms with van der Waals surface area (Å²) in [5, 5.41) is 4.32. The van der Waals surface area contributed by atoms with Crippen molar-refractivity contribution in [1.29, 1.82) is 0 Å². The summed E-state index contributed by atoms with van der Waals surface area (Å²) in [6.07, 6.45) is 1.67. The van der Waals surface area contributed by atoms with Crippen molar-refractivity contribution in [2.24, 2.45) is 0 Å².